The fraction of sp³-hybridized carbons (Fsp3) is 0.407. The standard InChI is InChI=1S/C27H32N4O2/c28-18-8-20-30(22-16-24-10-3-1-4-11-24)26(32)14-7-15-27(33)31(21-9-19-29)23-17-25-12-5-2-6-13-25/h1-6,10-13H,7-9,14-17,20-23H2. The van der Waals surface area contributed by atoms with E-state index in [4.69, 9.17) is 10.5 Å². The second-order valence-corrected chi connectivity index (χ2v) is 7.90. The number of rotatable bonds is 14. The number of hydrogen-bond donors (Lipinski definition) is 0. The van der Waals surface area contributed by atoms with Gasteiger partial charge in [-0.25, -0.2) is 0 Å². The molecular formula is C27H32N4O2. The zero-order valence-corrected chi connectivity index (χ0v) is 19.2. The van der Waals surface area contributed by atoms with E-state index in [2.05, 4.69) is 12.1 Å². The lowest BCUT2D eigenvalue weighted by Gasteiger charge is -2.23. The van der Waals surface area contributed by atoms with Crippen LogP contribution in [0.4, 0.5) is 0 Å². The minimum atomic E-state index is -0.0261. The second-order valence-electron chi connectivity index (χ2n) is 7.90. The van der Waals surface area contributed by atoms with E-state index in [1.165, 1.54) is 0 Å². The maximum Gasteiger partial charge on any atom is 0.222 e. The van der Waals surface area contributed by atoms with E-state index in [0.29, 0.717) is 45.4 Å². The topological polar surface area (TPSA) is 88.2 Å². The van der Waals surface area contributed by atoms with E-state index in [0.717, 1.165) is 24.0 Å². The van der Waals surface area contributed by atoms with Gasteiger partial charge in [0.2, 0.25) is 11.8 Å². The Hall–Kier alpha value is -3.64. The average Bonchev–Trinajstić information content (AvgIpc) is 2.85. The molecule has 0 bridgehead atoms. The molecule has 33 heavy (non-hydrogen) atoms. The first kappa shape index (κ1) is 25.6. The zero-order chi connectivity index (χ0) is 23.7. The summed E-state index contributed by atoms with van der Waals surface area (Å²) >= 11 is 0. The van der Waals surface area contributed by atoms with Gasteiger partial charge in [0.1, 0.15) is 0 Å². The van der Waals surface area contributed by atoms with Crippen LogP contribution >= 0.6 is 0 Å². The summed E-state index contributed by atoms with van der Waals surface area (Å²) in [6, 6.07) is 24.1. The van der Waals surface area contributed by atoms with Crippen molar-refractivity contribution in [3.8, 4) is 12.1 Å². The number of nitriles is 2. The molecule has 2 aromatic carbocycles. The van der Waals surface area contributed by atoms with E-state index in [-0.39, 0.29) is 24.7 Å². The van der Waals surface area contributed by atoms with Gasteiger partial charge in [-0.3, -0.25) is 9.59 Å². The van der Waals surface area contributed by atoms with Crippen molar-refractivity contribution in [3.05, 3.63) is 71.8 Å². The van der Waals surface area contributed by atoms with E-state index in [1.54, 1.807) is 9.80 Å². The number of amides is 2. The molecule has 0 unspecified atom stereocenters. The number of carbonyl (C=O) groups is 2. The molecule has 0 radical (unpaired) electrons. The molecule has 0 heterocycles. The Balaban J connectivity index is 1.83. The molecule has 2 aromatic rings. The van der Waals surface area contributed by atoms with Gasteiger partial charge in [0.05, 0.1) is 25.0 Å². The van der Waals surface area contributed by atoms with Gasteiger partial charge in [-0.15, -0.1) is 0 Å². The van der Waals surface area contributed by atoms with Gasteiger partial charge in [-0.2, -0.15) is 10.5 Å². The number of benzene rings is 2. The van der Waals surface area contributed by atoms with Gasteiger partial charge >= 0.3 is 0 Å². The highest BCUT2D eigenvalue weighted by Crippen LogP contribution is 2.09. The molecule has 0 aliphatic carbocycles. The fourth-order valence-corrected chi connectivity index (χ4v) is 3.62. The van der Waals surface area contributed by atoms with Crippen LogP contribution in [0.15, 0.2) is 60.7 Å². The highest BCUT2D eigenvalue weighted by Gasteiger charge is 2.17. The monoisotopic (exact) mass is 444 g/mol. The number of nitrogens with zero attached hydrogens (tertiary/aromatic N) is 4. The van der Waals surface area contributed by atoms with Crippen molar-refractivity contribution in [1.29, 1.82) is 10.5 Å². The average molecular weight is 445 g/mol. The SMILES string of the molecule is N#CCCN(CCc1ccccc1)C(=O)CCCC(=O)N(CCC#N)CCc1ccccc1. The van der Waals surface area contributed by atoms with Gasteiger partial charge < -0.3 is 9.80 Å². The van der Waals surface area contributed by atoms with Crippen molar-refractivity contribution < 1.29 is 9.59 Å². The van der Waals surface area contributed by atoms with Crippen LogP contribution in [0.1, 0.15) is 43.2 Å². The molecule has 0 aliphatic rings. The van der Waals surface area contributed by atoms with E-state index < -0.39 is 0 Å². The van der Waals surface area contributed by atoms with Crippen LogP contribution in [-0.4, -0.2) is 47.8 Å². The molecule has 0 fully saturated rings. The number of hydrogen-bond acceptors (Lipinski definition) is 4. The summed E-state index contributed by atoms with van der Waals surface area (Å²) in [7, 11) is 0. The van der Waals surface area contributed by atoms with Crippen LogP contribution in [0, 0.1) is 22.7 Å². The Morgan fingerprint density at radius 1 is 0.636 bits per heavy atom. The lowest BCUT2D eigenvalue weighted by Crippen LogP contribution is -2.35. The highest BCUT2D eigenvalue weighted by atomic mass is 16.2. The Bertz CT molecular complexity index is 855. The molecule has 6 nitrogen and oxygen atoms in total. The van der Waals surface area contributed by atoms with Gasteiger partial charge in [-0.05, 0) is 30.4 Å². The summed E-state index contributed by atoms with van der Waals surface area (Å²) < 4.78 is 0. The summed E-state index contributed by atoms with van der Waals surface area (Å²) in [5, 5.41) is 17.9. The molecular weight excluding hydrogens is 412 g/mol. The Morgan fingerprint density at radius 2 is 1.03 bits per heavy atom. The smallest absolute Gasteiger partial charge is 0.222 e. The number of carbonyl (C=O) groups excluding carboxylic acids is 2. The summed E-state index contributed by atoms with van der Waals surface area (Å²) in [5.41, 5.74) is 2.29. The van der Waals surface area contributed by atoms with Gasteiger partial charge in [-0.1, -0.05) is 60.7 Å². The van der Waals surface area contributed by atoms with Gasteiger partial charge in [0.15, 0.2) is 0 Å². The molecule has 6 heteroatoms. The van der Waals surface area contributed by atoms with Crippen LogP contribution in [0.5, 0.6) is 0 Å². The summed E-state index contributed by atoms with van der Waals surface area (Å²) in [4.78, 5) is 29.0. The second kappa shape index (κ2) is 15.2. The van der Waals surface area contributed by atoms with E-state index >= 15 is 0 Å². The van der Waals surface area contributed by atoms with Crippen molar-refractivity contribution in [1.82, 2.24) is 9.80 Å². The first-order valence-corrected chi connectivity index (χ1v) is 11.5. The molecule has 0 N–H and O–H groups in total. The van der Waals surface area contributed by atoms with Crippen LogP contribution in [0.3, 0.4) is 0 Å². The van der Waals surface area contributed by atoms with Crippen molar-refractivity contribution in [2.24, 2.45) is 0 Å². The van der Waals surface area contributed by atoms with Crippen LogP contribution in [0.2, 0.25) is 0 Å². The molecule has 2 rings (SSSR count). The van der Waals surface area contributed by atoms with Gasteiger partial charge in [0.25, 0.3) is 0 Å². The van der Waals surface area contributed by atoms with Crippen molar-refractivity contribution in [3.63, 3.8) is 0 Å². The van der Waals surface area contributed by atoms with Crippen molar-refractivity contribution in [2.45, 2.75) is 44.9 Å². The predicted molar refractivity (Wildman–Crippen MR) is 128 cm³/mol. The zero-order valence-electron chi connectivity index (χ0n) is 19.2. The van der Waals surface area contributed by atoms with Crippen LogP contribution in [-0.2, 0) is 22.4 Å². The largest absolute Gasteiger partial charge is 0.341 e. The third kappa shape index (κ3) is 10.0. The minimum absolute atomic E-state index is 0.0261. The first-order chi connectivity index (χ1) is 16.1. The third-order valence-corrected chi connectivity index (χ3v) is 5.50. The molecule has 0 saturated carbocycles. The third-order valence-electron chi connectivity index (χ3n) is 5.50. The summed E-state index contributed by atoms with van der Waals surface area (Å²) in [6.07, 6.45) is 3.06. The molecule has 0 aromatic heterocycles. The Morgan fingerprint density at radius 3 is 1.39 bits per heavy atom. The maximum absolute atomic E-state index is 12.8. The van der Waals surface area contributed by atoms with Crippen molar-refractivity contribution in [2.75, 3.05) is 26.2 Å². The summed E-state index contributed by atoms with van der Waals surface area (Å²) in [5.74, 6) is -0.0521. The predicted octanol–water partition coefficient (Wildman–Crippen LogP) is 4.13. The fourth-order valence-electron chi connectivity index (χ4n) is 3.62. The lowest BCUT2D eigenvalue weighted by atomic mass is 10.1. The Labute approximate surface area is 197 Å². The normalized spacial score (nSPS) is 10.1. The lowest BCUT2D eigenvalue weighted by molar-refractivity contribution is -0.132. The van der Waals surface area contributed by atoms with E-state index in [1.807, 2.05) is 60.7 Å². The summed E-state index contributed by atoms with van der Waals surface area (Å²) in [6.45, 7) is 1.93. The quantitative estimate of drug-likeness (QED) is 0.438. The highest BCUT2D eigenvalue weighted by molar-refractivity contribution is 5.79. The molecule has 172 valence electrons. The van der Waals surface area contributed by atoms with Gasteiger partial charge in [0, 0.05) is 39.0 Å². The van der Waals surface area contributed by atoms with Crippen molar-refractivity contribution >= 4 is 11.8 Å². The molecule has 0 aliphatic heterocycles. The molecule has 2 amide bonds. The molecule has 0 atom stereocenters. The molecule has 0 saturated heterocycles. The van der Waals surface area contributed by atoms with Crippen LogP contribution < -0.4 is 0 Å². The van der Waals surface area contributed by atoms with E-state index in [9.17, 15) is 9.59 Å². The maximum atomic E-state index is 12.8. The first-order valence-electron chi connectivity index (χ1n) is 11.5. The Kier molecular flexibility index (Phi) is 11.8. The minimum Gasteiger partial charge on any atom is -0.341 e. The molecule has 0 spiro atoms. The van der Waals surface area contributed by atoms with Crippen LogP contribution in [0.25, 0.3) is 0 Å².